The third kappa shape index (κ3) is 3.16. The molecule has 0 fully saturated rings. The second kappa shape index (κ2) is 6.48. The summed E-state index contributed by atoms with van der Waals surface area (Å²) in [6.07, 6.45) is 0.731. The molecule has 1 amide bonds. The Labute approximate surface area is 133 Å². The number of rotatable bonds is 4. The van der Waals surface area contributed by atoms with Crippen molar-refractivity contribution in [3.63, 3.8) is 0 Å². The lowest BCUT2D eigenvalue weighted by Gasteiger charge is -2.17. The quantitative estimate of drug-likeness (QED) is 0.748. The predicted octanol–water partition coefficient (Wildman–Crippen LogP) is 3.67. The Bertz CT molecular complexity index is 884. The number of carbonyl (C=O) groups excluding carboxylic acids is 1. The fraction of sp³-hybridized carbons (Fsp3) is 0.158. The molecule has 1 N–H and O–H groups in total. The van der Waals surface area contributed by atoms with E-state index >= 15 is 0 Å². The summed E-state index contributed by atoms with van der Waals surface area (Å²) >= 11 is 0. The van der Waals surface area contributed by atoms with E-state index in [2.05, 4.69) is 5.32 Å². The molecule has 2 aromatic carbocycles. The molecule has 3 rings (SSSR count). The average Bonchev–Trinajstić information content (AvgIpc) is 2.59. The highest BCUT2D eigenvalue weighted by Gasteiger charge is 2.18. The molecule has 1 heterocycles. The van der Waals surface area contributed by atoms with Gasteiger partial charge in [0.15, 0.2) is 0 Å². The summed E-state index contributed by atoms with van der Waals surface area (Å²) in [6.45, 7) is 1.99. The Morgan fingerprint density at radius 2 is 1.78 bits per heavy atom. The summed E-state index contributed by atoms with van der Waals surface area (Å²) in [5, 5.41) is 3.63. The zero-order valence-electron chi connectivity index (χ0n) is 12.8. The van der Waals surface area contributed by atoms with Gasteiger partial charge in [0.25, 0.3) is 5.91 Å². The van der Waals surface area contributed by atoms with Gasteiger partial charge in [0, 0.05) is 5.39 Å². The Balaban J connectivity index is 1.91. The minimum Gasteiger partial charge on any atom is -0.422 e. The molecule has 0 aliphatic carbocycles. The first-order valence-electron chi connectivity index (χ1n) is 7.57. The molecule has 0 saturated heterocycles. The molecular formula is C19H17NO3. The minimum absolute atomic E-state index is 0.0260. The van der Waals surface area contributed by atoms with Crippen LogP contribution >= 0.6 is 0 Å². The zero-order valence-corrected chi connectivity index (χ0v) is 12.8. The van der Waals surface area contributed by atoms with Gasteiger partial charge in [-0.05, 0) is 24.1 Å². The van der Waals surface area contributed by atoms with Crippen LogP contribution in [-0.2, 0) is 0 Å². The van der Waals surface area contributed by atoms with Gasteiger partial charge in [0.1, 0.15) is 11.1 Å². The van der Waals surface area contributed by atoms with Crippen LogP contribution in [0.5, 0.6) is 0 Å². The molecule has 3 aromatic rings. The van der Waals surface area contributed by atoms with Gasteiger partial charge >= 0.3 is 5.63 Å². The first-order valence-corrected chi connectivity index (χ1v) is 7.57. The van der Waals surface area contributed by atoms with E-state index in [0.29, 0.717) is 5.58 Å². The van der Waals surface area contributed by atoms with Crippen LogP contribution in [0, 0.1) is 0 Å². The minimum atomic E-state index is -0.621. The second-order valence-corrected chi connectivity index (χ2v) is 5.33. The number of para-hydroxylation sites is 1. The van der Waals surface area contributed by atoms with Gasteiger partial charge < -0.3 is 9.73 Å². The highest BCUT2D eigenvalue weighted by Crippen LogP contribution is 2.17. The van der Waals surface area contributed by atoms with E-state index in [-0.39, 0.29) is 11.6 Å². The largest absolute Gasteiger partial charge is 0.422 e. The van der Waals surface area contributed by atoms with E-state index in [9.17, 15) is 9.59 Å². The van der Waals surface area contributed by atoms with Crippen molar-refractivity contribution in [1.82, 2.24) is 5.32 Å². The first-order chi connectivity index (χ1) is 11.2. The third-order valence-corrected chi connectivity index (χ3v) is 3.80. The smallest absolute Gasteiger partial charge is 0.349 e. The second-order valence-electron chi connectivity index (χ2n) is 5.33. The highest BCUT2D eigenvalue weighted by molar-refractivity contribution is 5.96. The maximum Gasteiger partial charge on any atom is 0.349 e. The molecule has 1 atom stereocenters. The van der Waals surface area contributed by atoms with Gasteiger partial charge in [-0.3, -0.25) is 4.79 Å². The van der Waals surface area contributed by atoms with Crippen molar-refractivity contribution < 1.29 is 9.21 Å². The average molecular weight is 307 g/mol. The van der Waals surface area contributed by atoms with Crippen LogP contribution in [0.2, 0.25) is 0 Å². The SMILES string of the molecule is CCC(NC(=O)c1cc2ccccc2oc1=O)c1ccccc1. The lowest BCUT2D eigenvalue weighted by molar-refractivity contribution is 0.0932. The highest BCUT2D eigenvalue weighted by atomic mass is 16.4. The van der Waals surface area contributed by atoms with Gasteiger partial charge in [-0.1, -0.05) is 55.5 Å². The van der Waals surface area contributed by atoms with Crippen molar-refractivity contribution in [1.29, 1.82) is 0 Å². The Morgan fingerprint density at radius 1 is 1.09 bits per heavy atom. The molecule has 4 heteroatoms. The molecule has 0 aliphatic heterocycles. The molecule has 4 nitrogen and oxygen atoms in total. The monoisotopic (exact) mass is 307 g/mol. The van der Waals surface area contributed by atoms with Crippen molar-refractivity contribution in [2.75, 3.05) is 0 Å². The standard InChI is InChI=1S/C19H17NO3/c1-2-16(13-8-4-3-5-9-13)20-18(21)15-12-14-10-6-7-11-17(14)23-19(15)22/h3-12,16H,2H2,1H3,(H,20,21). The summed E-state index contributed by atoms with van der Waals surface area (Å²) < 4.78 is 5.22. The van der Waals surface area contributed by atoms with Crippen molar-refractivity contribution in [3.8, 4) is 0 Å². The van der Waals surface area contributed by atoms with Gasteiger partial charge in [0.2, 0.25) is 0 Å². The van der Waals surface area contributed by atoms with E-state index in [1.807, 2.05) is 49.4 Å². The van der Waals surface area contributed by atoms with Crippen LogP contribution < -0.4 is 10.9 Å². The number of amides is 1. The van der Waals surface area contributed by atoms with Crippen molar-refractivity contribution in [2.45, 2.75) is 19.4 Å². The number of nitrogens with one attached hydrogen (secondary N) is 1. The number of hydrogen-bond donors (Lipinski definition) is 1. The molecule has 0 saturated carbocycles. The fourth-order valence-corrected chi connectivity index (χ4v) is 2.56. The van der Waals surface area contributed by atoms with Crippen molar-refractivity contribution in [2.24, 2.45) is 0 Å². The van der Waals surface area contributed by atoms with Crippen molar-refractivity contribution >= 4 is 16.9 Å². The topological polar surface area (TPSA) is 59.3 Å². The van der Waals surface area contributed by atoms with Crippen LogP contribution in [0.25, 0.3) is 11.0 Å². The molecule has 1 unspecified atom stereocenters. The summed E-state index contributed by atoms with van der Waals surface area (Å²) in [4.78, 5) is 24.5. The first kappa shape index (κ1) is 15.0. The molecule has 0 bridgehead atoms. The fourth-order valence-electron chi connectivity index (χ4n) is 2.56. The summed E-state index contributed by atoms with van der Waals surface area (Å²) in [6, 6.07) is 18.3. The lowest BCUT2D eigenvalue weighted by Crippen LogP contribution is -2.31. The van der Waals surface area contributed by atoms with E-state index in [1.165, 1.54) is 0 Å². The van der Waals surface area contributed by atoms with Crippen molar-refractivity contribution in [3.05, 3.63) is 82.2 Å². The van der Waals surface area contributed by atoms with E-state index < -0.39 is 11.5 Å². The molecular weight excluding hydrogens is 290 g/mol. The van der Waals surface area contributed by atoms with Crippen LogP contribution in [0.4, 0.5) is 0 Å². The summed E-state index contributed by atoms with van der Waals surface area (Å²) in [5.41, 5.74) is 0.889. The zero-order chi connectivity index (χ0) is 16.2. The van der Waals surface area contributed by atoms with Crippen LogP contribution in [0.3, 0.4) is 0 Å². The lowest BCUT2D eigenvalue weighted by atomic mass is 10.0. The number of benzene rings is 2. The van der Waals surface area contributed by atoms with Gasteiger partial charge in [-0.15, -0.1) is 0 Å². The van der Waals surface area contributed by atoms with E-state index in [1.54, 1.807) is 18.2 Å². The maximum atomic E-state index is 12.5. The Kier molecular flexibility index (Phi) is 4.24. The molecule has 1 aromatic heterocycles. The van der Waals surface area contributed by atoms with Gasteiger partial charge in [-0.2, -0.15) is 0 Å². The molecule has 0 aliphatic rings. The predicted molar refractivity (Wildman–Crippen MR) is 89.4 cm³/mol. The van der Waals surface area contributed by atoms with Crippen LogP contribution in [-0.4, -0.2) is 5.91 Å². The van der Waals surface area contributed by atoms with Gasteiger partial charge in [-0.25, -0.2) is 4.79 Å². The number of fused-ring (bicyclic) bond motifs is 1. The Morgan fingerprint density at radius 3 is 2.52 bits per heavy atom. The molecule has 116 valence electrons. The normalized spacial score (nSPS) is 12.0. The Hall–Kier alpha value is -2.88. The van der Waals surface area contributed by atoms with Crippen LogP contribution in [0.1, 0.15) is 35.3 Å². The van der Waals surface area contributed by atoms with Gasteiger partial charge in [0.05, 0.1) is 6.04 Å². The summed E-state index contributed by atoms with van der Waals surface area (Å²) in [5.74, 6) is -0.416. The number of carbonyl (C=O) groups is 1. The number of hydrogen-bond acceptors (Lipinski definition) is 3. The van der Waals surface area contributed by atoms with E-state index in [0.717, 1.165) is 17.4 Å². The maximum absolute atomic E-state index is 12.5. The summed E-state index contributed by atoms with van der Waals surface area (Å²) in [7, 11) is 0. The molecule has 0 spiro atoms. The van der Waals surface area contributed by atoms with Crippen LogP contribution in [0.15, 0.2) is 69.9 Å². The van der Waals surface area contributed by atoms with E-state index in [4.69, 9.17) is 4.42 Å². The molecule has 0 radical (unpaired) electrons. The molecule has 23 heavy (non-hydrogen) atoms. The third-order valence-electron chi connectivity index (χ3n) is 3.80.